The fraction of sp³-hybridized carbons (Fsp3) is 1.00. The number of hydrogen-bond donors (Lipinski definition) is 1. The van der Waals surface area contributed by atoms with Gasteiger partial charge in [0.15, 0.2) is 0 Å². The molecule has 1 heterocycles. The molecule has 1 N–H and O–H groups in total. The van der Waals surface area contributed by atoms with Crippen LogP contribution in [0.3, 0.4) is 0 Å². The molecule has 0 aromatic heterocycles. The van der Waals surface area contributed by atoms with Crippen molar-refractivity contribution in [1.82, 2.24) is 4.90 Å². The molecule has 0 bridgehead atoms. The normalized spacial score (nSPS) is 37.9. The zero-order chi connectivity index (χ0) is 11.7. The fourth-order valence-corrected chi connectivity index (χ4v) is 4.44. The van der Waals surface area contributed by atoms with Crippen molar-refractivity contribution in [3.05, 3.63) is 0 Å². The summed E-state index contributed by atoms with van der Waals surface area (Å²) in [6.07, 6.45) is 12.1. The van der Waals surface area contributed by atoms with Gasteiger partial charge in [-0.1, -0.05) is 25.7 Å². The van der Waals surface area contributed by atoms with Gasteiger partial charge in [-0.15, -0.1) is 0 Å². The van der Waals surface area contributed by atoms with E-state index in [1.165, 1.54) is 64.6 Å². The van der Waals surface area contributed by atoms with Gasteiger partial charge in [-0.2, -0.15) is 0 Å². The number of aliphatic hydroxyl groups is 1. The lowest BCUT2D eigenvalue weighted by atomic mass is 9.68. The molecule has 1 saturated heterocycles. The van der Waals surface area contributed by atoms with Crippen LogP contribution in [0.2, 0.25) is 0 Å². The lowest BCUT2D eigenvalue weighted by Gasteiger charge is -2.53. The summed E-state index contributed by atoms with van der Waals surface area (Å²) in [6.45, 7) is 3.98. The van der Waals surface area contributed by atoms with Crippen molar-refractivity contribution in [3.63, 3.8) is 0 Å². The van der Waals surface area contributed by atoms with Gasteiger partial charge in [-0.05, 0) is 43.4 Å². The molecule has 1 aliphatic heterocycles. The number of nitrogens with zero attached hydrogens (tertiary/aromatic N) is 1. The molecule has 0 radical (unpaired) electrons. The first-order chi connectivity index (χ1) is 8.26. The van der Waals surface area contributed by atoms with Crippen LogP contribution in [0.15, 0.2) is 0 Å². The first kappa shape index (κ1) is 12.0. The Balaban J connectivity index is 1.43. The molecule has 2 aliphatic carbocycles. The molecule has 3 rings (SSSR count). The zero-order valence-corrected chi connectivity index (χ0v) is 11.0. The van der Waals surface area contributed by atoms with E-state index >= 15 is 0 Å². The van der Waals surface area contributed by atoms with E-state index in [-0.39, 0.29) is 6.10 Å². The van der Waals surface area contributed by atoms with Crippen LogP contribution >= 0.6 is 0 Å². The fourth-order valence-electron chi connectivity index (χ4n) is 4.44. The van der Waals surface area contributed by atoms with Crippen molar-refractivity contribution < 1.29 is 5.11 Å². The molecule has 2 atom stereocenters. The molecule has 3 fully saturated rings. The van der Waals surface area contributed by atoms with E-state index < -0.39 is 0 Å². The highest BCUT2D eigenvalue weighted by molar-refractivity contribution is 4.97. The molecule has 1 spiro atoms. The minimum Gasteiger partial charge on any atom is -0.393 e. The highest BCUT2D eigenvalue weighted by Crippen LogP contribution is 2.44. The van der Waals surface area contributed by atoms with Crippen molar-refractivity contribution in [1.29, 1.82) is 0 Å². The zero-order valence-electron chi connectivity index (χ0n) is 11.0. The van der Waals surface area contributed by atoms with Gasteiger partial charge >= 0.3 is 0 Å². The predicted molar refractivity (Wildman–Crippen MR) is 69.9 cm³/mol. The summed E-state index contributed by atoms with van der Waals surface area (Å²) >= 11 is 0. The predicted octanol–water partition coefficient (Wildman–Crippen LogP) is 2.80. The second kappa shape index (κ2) is 4.89. The molecular weight excluding hydrogens is 210 g/mol. The molecule has 0 aromatic carbocycles. The Morgan fingerprint density at radius 3 is 2.47 bits per heavy atom. The van der Waals surface area contributed by atoms with Crippen LogP contribution < -0.4 is 0 Å². The molecule has 0 amide bonds. The molecule has 0 aromatic rings. The number of hydrogen-bond acceptors (Lipinski definition) is 2. The number of rotatable bonds is 2. The van der Waals surface area contributed by atoms with Gasteiger partial charge in [0.25, 0.3) is 0 Å². The summed E-state index contributed by atoms with van der Waals surface area (Å²) in [5, 5.41) is 9.71. The van der Waals surface area contributed by atoms with E-state index in [1.54, 1.807) is 0 Å². The van der Waals surface area contributed by atoms with Crippen molar-refractivity contribution in [3.8, 4) is 0 Å². The van der Waals surface area contributed by atoms with Gasteiger partial charge in [-0.25, -0.2) is 0 Å². The maximum absolute atomic E-state index is 9.71. The maximum Gasteiger partial charge on any atom is 0.0543 e. The SMILES string of the molecule is OC1CCCC(CN2CC3(CCCCC3)C2)C1. The maximum atomic E-state index is 9.71. The third kappa shape index (κ3) is 2.68. The van der Waals surface area contributed by atoms with Crippen LogP contribution in [-0.2, 0) is 0 Å². The molecule has 3 aliphatic rings. The van der Waals surface area contributed by atoms with Crippen molar-refractivity contribution in [2.24, 2.45) is 11.3 Å². The van der Waals surface area contributed by atoms with Crippen LogP contribution in [0.1, 0.15) is 57.8 Å². The molecule has 2 saturated carbocycles. The third-order valence-electron chi connectivity index (χ3n) is 5.30. The van der Waals surface area contributed by atoms with Gasteiger partial charge in [0.05, 0.1) is 6.10 Å². The summed E-state index contributed by atoms with van der Waals surface area (Å²) in [4.78, 5) is 2.66. The summed E-state index contributed by atoms with van der Waals surface area (Å²) in [5.41, 5.74) is 0.728. The average Bonchev–Trinajstić information content (AvgIpc) is 2.28. The average molecular weight is 237 g/mol. The number of aliphatic hydroxyl groups excluding tert-OH is 1. The van der Waals surface area contributed by atoms with Gasteiger partial charge in [-0.3, -0.25) is 0 Å². The van der Waals surface area contributed by atoms with E-state index in [4.69, 9.17) is 0 Å². The quantitative estimate of drug-likeness (QED) is 0.798. The summed E-state index contributed by atoms with van der Waals surface area (Å²) in [5.74, 6) is 0.777. The van der Waals surface area contributed by atoms with Crippen LogP contribution in [0.4, 0.5) is 0 Å². The Morgan fingerprint density at radius 1 is 1.00 bits per heavy atom. The molecule has 2 nitrogen and oxygen atoms in total. The molecule has 2 unspecified atom stereocenters. The standard InChI is InChI=1S/C15H27NO/c17-14-6-4-5-13(9-14)10-16-11-15(12-16)7-2-1-3-8-15/h13-14,17H,1-12H2. The van der Waals surface area contributed by atoms with Gasteiger partial charge in [0.1, 0.15) is 0 Å². The topological polar surface area (TPSA) is 23.5 Å². The number of likely N-dealkylation sites (tertiary alicyclic amines) is 1. The van der Waals surface area contributed by atoms with E-state index in [2.05, 4.69) is 4.90 Å². The van der Waals surface area contributed by atoms with E-state index in [9.17, 15) is 5.11 Å². The lowest BCUT2D eigenvalue weighted by molar-refractivity contribution is -0.0439. The van der Waals surface area contributed by atoms with E-state index in [0.29, 0.717) is 0 Å². The van der Waals surface area contributed by atoms with E-state index in [0.717, 1.165) is 24.2 Å². The Kier molecular flexibility index (Phi) is 3.45. The first-order valence-electron chi connectivity index (χ1n) is 7.66. The first-order valence-corrected chi connectivity index (χ1v) is 7.66. The van der Waals surface area contributed by atoms with Crippen molar-refractivity contribution >= 4 is 0 Å². The van der Waals surface area contributed by atoms with Gasteiger partial charge < -0.3 is 10.0 Å². The molecular formula is C15H27NO. The summed E-state index contributed by atoms with van der Waals surface area (Å²) in [7, 11) is 0. The summed E-state index contributed by atoms with van der Waals surface area (Å²) in [6, 6.07) is 0. The Morgan fingerprint density at radius 2 is 1.76 bits per heavy atom. The van der Waals surface area contributed by atoms with Crippen LogP contribution in [0, 0.1) is 11.3 Å². The second-order valence-electron chi connectivity index (χ2n) is 6.92. The second-order valence-corrected chi connectivity index (χ2v) is 6.92. The van der Waals surface area contributed by atoms with E-state index in [1.807, 2.05) is 0 Å². The highest BCUT2D eigenvalue weighted by Gasteiger charge is 2.43. The third-order valence-corrected chi connectivity index (χ3v) is 5.30. The Bertz CT molecular complexity index is 252. The smallest absolute Gasteiger partial charge is 0.0543 e. The lowest BCUT2D eigenvalue weighted by Crippen LogP contribution is -2.58. The minimum absolute atomic E-state index is 0.00123. The van der Waals surface area contributed by atoms with Crippen LogP contribution in [0.25, 0.3) is 0 Å². The van der Waals surface area contributed by atoms with Gasteiger partial charge in [0, 0.05) is 19.6 Å². The van der Waals surface area contributed by atoms with Crippen molar-refractivity contribution in [2.45, 2.75) is 63.9 Å². The highest BCUT2D eigenvalue weighted by atomic mass is 16.3. The van der Waals surface area contributed by atoms with Crippen LogP contribution in [0.5, 0.6) is 0 Å². The Labute approximate surface area is 105 Å². The molecule has 98 valence electrons. The largest absolute Gasteiger partial charge is 0.393 e. The Hall–Kier alpha value is -0.0800. The summed E-state index contributed by atoms with van der Waals surface area (Å²) < 4.78 is 0. The molecule has 2 heteroatoms. The van der Waals surface area contributed by atoms with Crippen molar-refractivity contribution in [2.75, 3.05) is 19.6 Å². The molecule has 17 heavy (non-hydrogen) atoms. The minimum atomic E-state index is -0.00123. The monoisotopic (exact) mass is 237 g/mol. The van der Waals surface area contributed by atoms with Crippen LogP contribution in [-0.4, -0.2) is 35.7 Å². The van der Waals surface area contributed by atoms with Gasteiger partial charge in [0.2, 0.25) is 0 Å².